The van der Waals surface area contributed by atoms with Crippen molar-refractivity contribution in [1.82, 2.24) is 4.90 Å². The summed E-state index contributed by atoms with van der Waals surface area (Å²) in [5.41, 5.74) is 1.76. The molecule has 1 aliphatic heterocycles. The molecule has 3 atom stereocenters. The Hall–Kier alpha value is -1.05. The number of likely N-dealkylation sites (tertiary alicyclic amines) is 1. The van der Waals surface area contributed by atoms with Gasteiger partial charge < -0.3 is 10.2 Å². The Kier molecular flexibility index (Phi) is 4.49. The second kappa shape index (κ2) is 5.94. The summed E-state index contributed by atoms with van der Waals surface area (Å²) in [6.07, 6.45) is 1.14. The number of piperidine rings is 1. The predicted molar refractivity (Wildman–Crippen MR) is 82.1 cm³/mol. The molecule has 1 fully saturated rings. The van der Waals surface area contributed by atoms with E-state index in [1.165, 1.54) is 0 Å². The van der Waals surface area contributed by atoms with Gasteiger partial charge in [0.2, 0.25) is 0 Å². The van der Waals surface area contributed by atoms with Gasteiger partial charge >= 0.3 is 0 Å². The highest BCUT2D eigenvalue weighted by molar-refractivity contribution is 9.10. The first-order chi connectivity index (χ1) is 9.01. The summed E-state index contributed by atoms with van der Waals surface area (Å²) >= 11 is 3.54. The van der Waals surface area contributed by atoms with E-state index in [4.69, 9.17) is 5.26 Å². The van der Waals surface area contributed by atoms with Gasteiger partial charge in [-0.1, -0.05) is 6.92 Å². The molecule has 1 aromatic carbocycles. The van der Waals surface area contributed by atoms with Crippen molar-refractivity contribution in [3.05, 3.63) is 28.2 Å². The predicted octanol–water partition coefficient (Wildman–Crippen LogP) is 3.46. The first-order valence-electron chi connectivity index (χ1n) is 6.67. The second-order valence-corrected chi connectivity index (χ2v) is 6.41. The Morgan fingerprint density at radius 3 is 2.79 bits per heavy atom. The number of nitriles is 1. The number of rotatable bonds is 2. The first-order valence-corrected chi connectivity index (χ1v) is 7.47. The molecule has 3 unspecified atom stereocenters. The average molecular weight is 322 g/mol. The summed E-state index contributed by atoms with van der Waals surface area (Å²) < 4.78 is 0.963. The van der Waals surface area contributed by atoms with E-state index in [9.17, 15) is 0 Å². The van der Waals surface area contributed by atoms with Gasteiger partial charge in [0.05, 0.1) is 11.6 Å². The Morgan fingerprint density at radius 2 is 2.16 bits per heavy atom. The Labute approximate surface area is 123 Å². The monoisotopic (exact) mass is 321 g/mol. The summed E-state index contributed by atoms with van der Waals surface area (Å²) in [5, 5.41) is 12.5. The minimum Gasteiger partial charge on any atom is -0.381 e. The molecule has 0 aliphatic carbocycles. The van der Waals surface area contributed by atoms with E-state index >= 15 is 0 Å². The van der Waals surface area contributed by atoms with Crippen molar-refractivity contribution in [2.75, 3.05) is 18.9 Å². The van der Waals surface area contributed by atoms with Crippen LogP contribution in [0.15, 0.2) is 22.7 Å². The number of halogens is 1. The molecular formula is C15H20BrN3. The molecule has 19 heavy (non-hydrogen) atoms. The van der Waals surface area contributed by atoms with E-state index in [2.05, 4.69) is 53.1 Å². The lowest BCUT2D eigenvalue weighted by Crippen LogP contribution is -2.48. The van der Waals surface area contributed by atoms with Crippen molar-refractivity contribution >= 4 is 21.6 Å². The molecule has 0 spiro atoms. The van der Waals surface area contributed by atoms with Gasteiger partial charge in [-0.15, -0.1) is 0 Å². The van der Waals surface area contributed by atoms with Gasteiger partial charge in [0.25, 0.3) is 0 Å². The zero-order chi connectivity index (χ0) is 14.0. The van der Waals surface area contributed by atoms with Crippen LogP contribution in [0.1, 0.15) is 25.8 Å². The third-order valence-corrected chi connectivity index (χ3v) is 4.71. The van der Waals surface area contributed by atoms with Crippen molar-refractivity contribution in [2.24, 2.45) is 5.92 Å². The zero-order valence-corrected chi connectivity index (χ0v) is 13.2. The highest BCUT2D eigenvalue weighted by Gasteiger charge is 2.28. The number of nitrogens with one attached hydrogen (secondary N) is 1. The average Bonchev–Trinajstić information content (AvgIpc) is 2.38. The summed E-state index contributed by atoms with van der Waals surface area (Å²) in [6.45, 7) is 5.68. The van der Waals surface area contributed by atoms with Crippen molar-refractivity contribution in [2.45, 2.75) is 32.4 Å². The molecular weight excluding hydrogens is 302 g/mol. The summed E-state index contributed by atoms with van der Waals surface area (Å²) in [6, 6.07) is 8.95. The maximum Gasteiger partial charge on any atom is 0.0992 e. The van der Waals surface area contributed by atoms with E-state index in [-0.39, 0.29) is 0 Å². The molecule has 0 aromatic heterocycles. The van der Waals surface area contributed by atoms with Gasteiger partial charge in [-0.2, -0.15) is 5.26 Å². The van der Waals surface area contributed by atoms with E-state index in [0.29, 0.717) is 23.6 Å². The van der Waals surface area contributed by atoms with Crippen LogP contribution >= 0.6 is 15.9 Å². The number of nitrogens with zero attached hydrogens (tertiary/aromatic N) is 2. The molecule has 1 N–H and O–H groups in total. The molecule has 102 valence electrons. The summed E-state index contributed by atoms with van der Waals surface area (Å²) in [7, 11) is 2.19. The maximum atomic E-state index is 8.88. The summed E-state index contributed by atoms with van der Waals surface area (Å²) in [4.78, 5) is 2.41. The molecule has 1 aliphatic rings. The van der Waals surface area contributed by atoms with Crippen LogP contribution < -0.4 is 5.32 Å². The van der Waals surface area contributed by atoms with Crippen LogP contribution in [0.3, 0.4) is 0 Å². The quantitative estimate of drug-likeness (QED) is 0.906. The van der Waals surface area contributed by atoms with Crippen LogP contribution in [0.4, 0.5) is 5.69 Å². The molecule has 0 radical (unpaired) electrons. The van der Waals surface area contributed by atoms with E-state index in [0.717, 1.165) is 23.1 Å². The molecule has 0 saturated carbocycles. The van der Waals surface area contributed by atoms with Crippen molar-refractivity contribution in [1.29, 1.82) is 5.26 Å². The van der Waals surface area contributed by atoms with Crippen molar-refractivity contribution < 1.29 is 0 Å². The highest BCUT2D eigenvalue weighted by atomic mass is 79.9. The lowest BCUT2D eigenvalue weighted by molar-refractivity contribution is 0.145. The number of hydrogen-bond acceptors (Lipinski definition) is 3. The van der Waals surface area contributed by atoms with Gasteiger partial charge in [-0.05, 0) is 60.4 Å². The highest BCUT2D eigenvalue weighted by Crippen LogP contribution is 2.29. The van der Waals surface area contributed by atoms with Gasteiger partial charge in [0.15, 0.2) is 0 Å². The maximum absolute atomic E-state index is 8.88. The molecule has 1 aromatic rings. The third-order valence-electron chi connectivity index (χ3n) is 4.05. The van der Waals surface area contributed by atoms with E-state index in [1.807, 2.05) is 18.2 Å². The second-order valence-electron chi connectivity index (χ2n) is 5.56. The van der Waals surface area contributed by atoms with Crippen LogP contribution in [-0.4, -0.2) is 30.6 Å². The fourth-order valence-electron chi connectivity index (χ4n) is 2.64. The number of benzene rings is 1. The first kappa shape index (κ1) is 14.4. The van der Waals surface area contributed by atoms with Crippen LogP contribution in [0.25, 0.3) is 0 Å². The van der Waals surface area contributed by atoms with E-state index in [1.54, 1.807) is 0 Å². The van der Waals surface area contributed by atoms with Gasteiger partial charge in [0, 0.05) is 28.8 Å². The number of anilines is 1. The Bertz CT molecular complexity index is 495. The van der Waals surface area contributed by atoms with Crippen LogP contribution in [0, 0.1) is 17.2 Å². The van der Waals surface area contributed by atoms with E-state index < -0.39 is 0 Å². The topological polar surface area (TPSA) is 39.1 Å². The Balaban J connectivity index is 2.11. The summed E-state index contributed by atoms with van der Waals surface area (Å²) in [5.74, 6) is 0.615. The Morgan fingerprint density at radius 1 is 1.42 bits per heavy atom. The largest absolute Gasteiger partial charge is 0.381 e. The molecule has 0 bridgehead atoms. The fourth-order valence-corrected chi connectivity index (χ4v) is 3.14. The molecule has 2 rings (SSSR count). The molecule has 0 amide bonds. The van der Waals surface area contributed by atoms with Crippen molar-refractivity contribution in [3.8, 4) is 6.07 Å². The van der Waals surface area contributed by atoms with Gasteiger partial charge in [-0.25, -0.2) is 0 Å². The molecule has 4 heteroatoms. The molecule has 3 nitrogen and oxygen atoms in total. The van der Waals surface area contributed by atoms with Crippen LogP contribution in [0.2, 0.25) is 0 Å². The zero-order valence-electron chi connectivity index (χ0n) is 11.7. The lowest BCUT2D eigenvalue weighted by Gasteiger charge is -2.40. The minimum atomic E-state index is 0.482. The standard InChI is InChI=1S/C15H20BrN3/c1-10-9-19(3)11(2)6-15(10)18-14-5-4-12(8-17)7-13(14)16/h4-5,7,10-11,15,18H,6,9H2,1-3H3. The van der Waals surface area contributed by atoms with Crippen LogP contribution in [0.5, 0.6) is 0 Å². The lowest BCUT2D eigenvalue weighted by atomic mass is 9.89. The minimum absolute atomic E-state index is 0.482. The SMILES string of the molecule is CC1CN(C)C(C)CC1Nc1ccc(C#N)cc1Br. The van der Waals surface area contributed by atoms with Crippen molar-refractivity contribution in [3.63, 3.8) is 0 Å². The van der Waals surface area contributed by atoms with Crippen LogP contribution in [-0.2, 0) is 0 Å². The smallest absolute Gasteiger partial charge is 0.0992 e. The van der Waals surface area contributed by atoms with Gasteiger partial charge in [0.1, 0.15) is 0 Å². The number of hydrogen-bond donors (Lipinski definition) is 1. The van der Waals surface area contributed by atoms with Gasteiger partial charge in [-0.3, -0.25) is 0 Å². The fraction of sp³-hybridized carbons (Fsp3) is 0.533. The third kappa shape index (κ3) is 3.29. The normalized spacial score (nSPS) is 27.8. The molecule has 1 saturated heterocycles. The molecule has 1 heterocycles.